The van der Waals surface area contributed by atoms with E-state index in [1.165, 1.54) is 23.5 Å². The number of carbonyl (C=O) groups excluding carboxylic acids is 1. The normalized spacial score (nSPS) is 10.5. The second-order valence-electron chi connectivity index (χ2n) is 3.48. The van der Waals surface area contributed by atoms with Crippen molar-refractivity contribution >= 4 is 33.0 Å². The van der Waals surface area contributed by atoms with E-state index >= 15 is 0 Å². The lowest BCUT2D eigenvalue weighted by molar-refractivity contribution is 0.0997. The van der Waals surface area contributed by atoms with Gasteiger partial charge in [0.1, 0.15) is 11.6 Å². The topological polar surface area (TPSA) is 17.1 Å². The van der Waals surface area contributed by atoms with Gasteiger partial charge in [-0.1, -0.05) is 0 Å². The highest BCUT2D eigenvalue weighted by Crippen LogP contribution is 2.23. The number of ketones is 1. The van der Waals surface area contributed by atoms with E-state index in [0.717, 1.165) is 9.85 Å². The van der Waals surface area contributed by atoms with Crippen LogP contribution in [0.25, 0.3) is 0 Å². The smallest absolute Gasteiger partial charge is 0.177 e. The lowest BCUT2D eigenvalue weighted by atomic mass is 10.1. The number of hydrogen-bond acceptors (Lipinski definition) is 2. The van der Waals surface area contributed by atoms with Crippen molar-refractivity contribution in [1.82, 2.24) is 0 Å². The molecule has 0 fully saturated rings. The van der Waals surface area contributed by atoms with Gasteiger partial charge in [-0.3, -0.25) is 4.79 Å². The Morgan fingerprint density at radius 1 is 1.18 bits per heavy atom. The SMILES string of the molecule is O=C(Cc1cc(F)cc(F)c1)c1ccc(Br)s1. The van der Waals surface area contributed by atoms with E-state index in [4.69, 9.17) is 0 Å². The van der Waals surface area contributed by atoms with Crippen LogP contribution in [0.1, 0.15) is 15.2 Å². The first kappa shape index (κ1) is 12.4. The van der Waals surface area contributed by atoms with Crippen LogP contribution in [0.2, 0.25) is 0 Å². The van der Waals surface area contributed by atoms with Gasteiger partial charge >= 0.3 is 0 Å². The van der Waals surface area contributed by atoms with Gasteiger partial charge in [0.25, 0.3) is 0 Å². The average Bonchev–Trinajstić information content (AvgIpc) is 2.63. The maximum Gasteiger partial charge on any atom is 0.177 e. The summed E-state index contributed by atoms with van der Waals surface area (Å²) in [5.74, 6) is -1.48. The number of thiophene rings is 1. The summed E-state index contributed by atoms with van der Waals surface area (Å²) >= 11 is 4.56. The van der Waals surface area contributed by atoms with Crippen molar-refractivity contribution in [2.75, 3.05) is 0 Å². The Morgan fingerprint density at radius 2 is 1.82 bits per heavy atom. The van der Waals surface area contributed by atoms with E-state index in [1.54, 1.807) is 12.1 Å². The first-order valence-corrected chi connectivity index (χ1v) is 6.39. The van der Waals surface area contributed by atoms with Crippen molar-refractivity contribution in [2.45, 2.75) is 6.42 Å². The predicted molar refractivity (Wildman–Crippen MR) is 66.4 cm³/mol. The van der Waals surface area contributed by atoms with Crippen molar-refractivity contribution in [1.29, 1.82) is 0 Å². The molecule has 5 heteroatoms. The van der Waals surface area contributed by atoms with Crippen LogP contribution >= 0.6 is 27.3 Å². The van der Waals surface area contributed by atoms with Crippen molar-refractivity contribution in [3.05, 3.63) is 56.2 Å². The molecule has 2 rings (SSSR count). The molecule has 0 bridgehead atoms. The molecule has 0 amide bonds. The summed E-state index contributed by atoms with van der Waals surface area (Å²) in [5.41, 5.74) is 0.344. The highest BCUT2D eigenvalue weighted by atomic mass is 79.9. The van der Waals surface area contributed by atoms with Crippen LogP contribution in [0.4, 0.5) is 8.78 Å². The average molecular weight is 317 g/mol. The molecule has 0 aliphatic rings. The molecule has 1 aromatic heterocycles. The summed E-state index contributed by atoms with van der Waals surface area (Å²) in [6, 6.07) is 6.58. The summed E-state index contributed by atoms with van der Waals surface area (Å²) in [6.07, 6.45) is 0.00162. The molecule has 0 unspecified atom stereocenters. The van der Waals surface area contributed by atoms with Gasteiger partial charge in [0.2, 0.25) is 0 Å². The molecule has 1 aromatic carbocycles. The largest absolute Gasteiger partial charge is 0.293 e. The molecule has 0 atom stereocenters. The second kappa shape index (κ2) is 5.06. The third-order valence-corrected chi connectivity index (χ3v) is 3.80. The van der Waals surface area contributed by atoms with Gasteiger partial charge in [0.05, 0.1) is 8.66 Å². The van der Waals surface area contributed by atoms with Gasteiger partial charge in [0, 0.05) is 12.5 Å². The summed E-state index contributed by atoms with van der Waals surface area (Å²) < 4.78 is 26.7. The van der Waals surface area contributed by atoms with Crippen LogP contribution in [0.15, 0.2) is 34.1 Å². The standard InChI is InChI=1S/C12H7BrF2OS/c13-12-2-1-11(17-12)10(16)5-7-3-8(14)6-9(15)4-7/h1-4,6H,5H2. The van der Waals surface area contributed by atoms with Crippen LogP contribution in [0, 0.1) is 11.6 Å². The number of hydrogen-bond donors (Lipinski definition) is 0. The van der Waals surface area contributed by atoms with Crippen molar-refractivity contribution in [3.63, 3.8) is 0 Å². The van der Waals surface area contributed by atoms with Crippen LogP contribution in [-0.2, 0) is 6.42 Å². The first-order chi connectivity index (χ1) is 8.04. The Balaban J connectivity index is 2.18. The summed E-state index contributed by atoms with van der Waals surface area (Å²) in [5, 5.41) is 0. The van der Waals surface area contributed by atoms with E-state index in [9.17, 15) is 13.6 Å². The zero-order valence-electron chi connectivity index (χ0n) is 8.54. The molecule has 0 N–H and O–H groups in total. The number of carbonyl (C=O) groups is 1. The molecule has 0 aliphatic heterocycles. The highest BCUT2D eigenvalue weighted by Gasteiger charge is 2.11. The molecule has 0 radical (unpaired) electrons. The maximum absolute atomic E-state index is 12.9. The number of benzene rings is 1. The Morgan fingerprint density at radius 3 is 2.35 bits per heavy atom. The summed E-state index contributed by atoms with van der Waals surface area (Å²) in [4.78, 5) is 12.4. The fourth-order valence-electron chi connectivity index (χ4n) is 1.45. The van der Waals surface area contributed by atoms with E-state index in [1.807, 2.05) is 0 Å². The Kier molecular flexibility index (Phi) is 3.69. The van der Waals surface area contributed by atoms with Crippen molar-refractivity contribution < 1.29 is 13.6 Å². The Hall–Kier alpha value is -1.07. The lowest BCUT2D eigenvalue weighted by Gasteiger charge is -2.00. The van der Waals surface area contributed by atoms with E-state index in [-0.39, 0.29) is 12.2 Å². The van der Waals surface area contributed by atoms with Crippen LogP contribution < -0.4 is 0 Å². The van der Waals surface area contributed by atoms with Gasteiger partial charge in [-0.05, 0) is 45.8 Å². The van der Waals surface area contributed by atoms with Gasteiger partial charge < -0.3 is 0 Å². The summed E-state index contributed by atoms with van der Waals surface area (Å²) in [7, 11) is 0. The minimum atomic E-state index is -0.667. The number of halogens is 3. The fraction of sp³-hybridized carbons (Fsp3) is 0.0833. The summed E-state index contributed by atoms with van der Waals surface area (Å²) in [6.45, 7) is 0. The zero-order valence-corrected chi connectivity index (χ0v) is 10.9. The number of Topliss-reactive ketones (excluding diaryl/α,β-unsaturated/α-hetero) is 1. The molecule has 1 nitrogen and oxygen atoms in total. The quantitative estimate of drug-likeness (QED) is 0.775. The molecule has 0 saturated heterocycles. The number of rotatable bonds is 3. The predicted octanol–water partition coefficient (Wildman–Crippen LogP) is 4.21. The van der Waals surface area contributed by atoms with Crippen molar-refractivity contribution in [2.24, 2.45) is 0 Å². The lowest BCUT2D eigenvalue weighted by Crippen LogP contribution is -2.02. The molecule has 17 heavy (non-hydrogen) atoms. The van der Waals surface area contributed by atoms with E-state index < -0.39 is 11.6 Å². The van der Waals surface area contributed by atoms with Gasteiger partial charge in [-0.25, -0.2) is 8.78 Å². The molecule has 0 spiro atoms. The molecule has 0 aliphatic carbocycles. The Bertz CT molecular complexity index is 545. The van der Waals surface area contributed by atoms with Crippen LogP contribution in [0.3, 0.4) is 0 Å². The maximum atomic E-state index is 12.9. The van der Waals surface area contributed by atoms with E-state index in [0.29, 0.717) is 10.4 Å². The van der Waals surface area contributed by atoms with Gasteiger partial charge in [-0.2, -0.15) is 0 Å². The van der Waals surface area contributed by atoms with Gasteiger partial charge in [-0.15, -0.1) is 11.3 Å². The van der Waals surface area contributed by atoms with Gasteiger partial charge in [0.15, 0.2) is 5.78 Å². The van der Waals surface area contributed by atoms with Crippen molar-refractivity contribution in [3.8, 4) is 0 Å². The fourth-order valence-corrected chi connectivity index (χ4v) is 2.77. The zero-order chi connectivity index (χ0) is 12.4. The highest BCUT2D eigenvalue weighted by molar-refractivity contribution is 9.11. The monoisotopic (exact) mass is 316 g/mol. The minimum Gasteiger partial charge on any atom is -0.293 e. The second-order valence-corrected chi connectivity index (χ2v) is 5.94. The molecule has 1 heterocycles. The molecular formula is C12H7BrF2OS. The third kappa shape index (κ3) is 3.20. The molecule has 0 saturated carbocycles. The molecule has 2 aromatic rings. The molecular weight excluding hydrogens is 310 g/mol. The minimum absolute atomic E-state index is 0.00162. The molecule has 88 valence electrons. The third-order valence-electron chi connectivity index (χ3n) is 2.14. The van der Waals surface area contributed by atoms with Crippen LogP contribution in [-0.4, -0.2) is 5.78 Å². The Labute approximate surface area is 109 Å². The van der Waals surface area contributed by atoms with Crippen LogP contribution in [0.5, 0.6) is 0 Å². The first-order valence-electron chi connectivity index (χ1n) is 4.78. The van der Waals surface area contributed by atoms with E-state index in [2.05, 4.69) is 15.9 Å².